The molecule has 11 nitrogen and oxygen atoms in total. The van der Waals surface area contributed by atoms with E-state index in [1.807, 2.05) is 26.0 Å². The van der Waals surface area contributed by atoms with Crippen molar-refractivity contribution in [1.29, 1.82) is 0 Å². The third-order valence-corrected chi connectivity index (χ3v) is 10.2. The summed E-state index contributed by atoms with van der Waals surface area (Å²) < 4.78 is 45.6. The Kier molecular flexibility index (Phi) is 9.52. The van der Waals surface area contributed by atoms with E-state index >= 15 is 0 Å². The summed E-state index contributed by atoms with van der Waals surface area (Å²) in [4.78, 5) is 21.5. The summed E-state index contributed by atoms with van der Waals surface area (Å²) in [6.45, 7) is 7.82. The van der Waals surface area contributed by atoms with Crippen molar-refractivity contribution in [3.05, 3.63) is 119 Å². The molecule has 4 heterocycles. The third-order valence-electron chi connectivity index (χ3n) is 9.24. The van der Waals surface area contributed by atoms with Gasteiger partial charge < -0.3 is 19.3 Å². The standard InChI is InChI=1S/C35H38F2N8O3S/c1-3-25(2)45-33(46)44(24-40-45)30-11-9-29(10-12-30)42-16-14-41(15-17-42)28-7-4-26(5-8-28)19-49-34-47-21-35(48-34,20-43-23-38-22-39-43)31-13-6-27(36)18-32(31)37/h4-13,18,22-25,34H,3,14-17,19-21H2,1-2H3. The molecule has 2 aliphatic heterocycles. The lowest BCUT2D eigenvalue weighted by Gasteiger charge is -2.37. The fourth-order valence-electron chi connectivity index (χ4n) is 6.26. The highest BCUT2D eigenvalue weighted by molar-refractivity contribution is 7.98. The largest absolute Gasteiger partial charge is 0.368 e. The van der Waals surface area contributed by atoms with Crippen LogP contribution in [0.3, 0.4) is 0 Å². The second kappa shape index (κ2) is 14.1. The highest BCUT2D eigenvalue weighted by Gasteiger charge is 2.45. The van der Waals surface area contributed by atoms with Crippen LogP contribution in [0.4, 0.5) is 20.2 Å². The van der Waals surface area contributed by atoms with Gasteiger partial charge in [0.1, 0.15) is 36.2 Å². The van der Waals surface area contributed by atoms with E-state index in [-0.39, 0.29) is 30.4 Å². The first kappa shape index (κ1) is 33.0. The zero-order chi connectivity index (χ0) is 34.0. The van der Waals surface area contributed by atoms with Crippen molar-refractivity contribution in [2.45, 2.75) is 49.8 Å². The molecule has 0 N–H and O–H groups in total. The Labute approximate surface area is 287 Å². The number of thioether (sulfide) groups is 1. The van der Waals surface area contributed by atoms with Crippen molar-refractivity contribution in [3.63, 3.8) is 0 Å². The molecule has 3 atom stereocenters. The van der Waals surface area contributed by atoms with E-state index in [9.17, 15) is 13.6 Å². The number of hydrogen-bond acceptors (Lipinski definition) is 9. The van der Waals surface area contributed by atoms with E-state index in [1.165, 1.54) is 41.2 Å². The molecule has 0 spiro atoms. The highest BCUT2D eigenvalue weighted by Crippen LogP contribution is 2.41. The molecule has 0 radical (unpaired) electrons. The minimum Gasteiger partial charge on any atom is -0.368 e. The van der Waals surface area contributed by atoms with Crippen LogP contribution in [0, 0.1) is 11.6 Å². The van der Waals surface area contributed by atoms with Crippen molar-refractivity contribution in [2.75, 3.05) is 42.6 Å². The van der Waals surface area contributed by atoms with Crippen molar-refractivity contribution < 1.29 is 18.3 Å². The Morgan fingerprint density at radius 3 is 2.22 bits per heavy atom. The molecule has 0 amide bonds. The second-order valence-corrected chi connectivity index (χ2v) is 13.4. The molecule has 2 saturated heterocycles. The van der Waals surface area contributed by atoms with Crippen LogP contribution >= 0.6 is 11.8 Å². The quantitative estimate of drug-likeness (QED) is 0.182. The number of piperazine rings is 1. The number of ether oxygens (including phenoxy) is 2. The molecule has 2 aliphatic rings. The van der Waals surface area contributed by atoms with E-state index in [0.29, 0.717) is 5.75 Å². The van der Waals surface area contributed by atoms with Gasteiger partial charge in [-0.15, -0.1) is 0 Å². The third kappa shape index (κ3) is 6.98. The predicted octanol–water partition coefficient (Wildman–Crippen LogP) is 5.36. The summed E-state index contributed by atoms with van der Waals surface area (Å²) in [5.41, 5.74) is 2.48. The Hall–Kier alpha value is -4.53. The molecule has 7 rings (SSSR count). The lowest BCUT2D eigenvalue weighted by molar-refractivity contribution is -0.0470. The zero-order valence-corrected chi connectivity index (χ0v) is 28.2. The van der Waals surface area contributed by atoms with Gasteiger partial charge in [-0.2, -0.15) is 10.2 Å². The number of benzene rings is 3. The Morgan fingerprint density at radius 1 is 0.918 bits per heavy atom. The van der Waals surface area contributed by atoms with E-state index in [4.69, 9.17) is 9.47 Å². The van der Waals surface area contributed by atoms with Gasteiger partial charge in [-0.1, -0.05) is 36.9 Å². The maximum Gasteiger partial charge on any atom is 0.350 e. The van der Waals surface area contributed by atoms with Crippen LogP contribution < -0.4 is 15.5 Å². The minimum atomic E-state index is -1.17. The first-order valence-corrected chi connectivity index (χ1v) is 17.4. The summed E-state index contributed by atoms with van der Waals surface area (Å²) in [6, 6.07) is 20.1. The van der Waals surface area contributed by atoms with Gasteiger partial charge in [0.05, 0.1) is 24.9 Å². The van der Waals surface area contributed by atoms with Gasteiger partial charge in [0, 0.05) is 54.9 Å². The average Bonchev–Trinajstić information content (AvgIpc) is 3.88. The van der Waals surface area contributed by atoms with E-state index in [0.717, 1.165) is 61.3 Å². The van der Waals surface area contributed by atoms with Gasteiger partial charge in [0.25, 0.3) is 0 Å². The SMILES string of the molecule is CCC(C)n1ncn(-c2ccc(N3CCN(c4ccc(CSC5OCC(Cn6cncn6)(c6ccc(F)cc6F)O5)cc4)CC3)cc2)c1=O. The van der Waals surface area contributed by atoms with Gasteiger partial charge in [-0.25, -0.2) is 32.5 Å². The normalized spacial score (nSPS) is 20.2. The van der Waals surface area contributed by atoms with Crippen LogP contribution in [0.2, 0.25) is 0 Å². The molecule has 3 aromatic carbocycles. The lowest BCUT2D eigenvalue weighted by atomic mass is 9.94. The zero-order valence-electron chi connectivity index (χ0n) is 27.4. The average molecular weight is 689 g/mol. The smallest absolute Gasteiger partial charge is 0.350 e. The van der Waals surface area contributed by atoms with Gasteiger partial charge in [0.15, 0.2) is 0 Å². The first-order chi connectivity index (χ1) is 23.8. The van der Waals surface area contributed by atoms with Crippen LogP contribution in [0.25, 0.3) is 5.69 Å². The summed E-state index contributed by atoms with van der Waals surface area (Å²) in [5.74, 6) is -0.715. The highest BCUT2D eigenvalue weighted by atomic mass is 32.2. The molecule has 0 saturated carbocycles. The van der Waals surface area contributed by atoms with Crippen LogP contribution in [0.5, 0.6) is 0 Å². The van der Waals surface area contributed by atoms with Gasteiger partial charge in [-0.3, -0.25) is 0 Å². The molecular weight excluding hydrogens is 651 g/mol. The predicted molar refractivity (Wildman–Crippen MR) is 184 cm³/mol. The first-order valence-electron chi connectivity index (χ1n) is 16.4. The Morgan fingerprint density at radius 2 is 1.59 bits per heavy atom. The lowest BCUT2D eigenvalue weighted by Crippen LogP contribution is -2.46. The van der Waals surface area contributed by atoms with Gasteiger partial charge in [0.2, 0.25) is 5.62 Å². The van der Waals surface area contributed by atoms with Crippen molar-refractivity contribution in [3.8, 4) is 5.69 Å². The monoisotopic (exact) mass is 688 g/mol. The Balaban J connectivity index is 0.925. The molecule has 2 aromatic heterocycles. The summed E-state index contributed by atoms with van der Waals surface area (Å²) in [7, 11) is 0. The molecule has 0 aliphatic carbocycles. The van der Waals surface area contributed by atoms with Crippen molar-refractivity contribution >= 4 is 23.1 Å². The number of halogens is 2. The van der Waals surface area contributed by atoms with Gasteiger partial charge in [-0.05, 0) is 61.4 Å². The minimum absolute atomic E-state index is 0.0574. The number of anilines is 2. The summed E-state index contributed by atoms with van der Waals surface area (Å²) >= 11 is 1.47. The fourth-order valence-corrected chi connectivity index (χ4v) is 7.20. The van der Waals surface area contributed by atoms with Crippen molar-refractivity contribution in [1.82, 2.24) is 29.1 Å². The molecule has 0 bridgehead atoms. The van der Waals surface area contributed by atoms with E-state index in [1.54, 1.807) is 15.6 Å². The molecule has 256 valence electrons. The number of aromatic nitrogens is 6. The van der Waals surface area contributed by atoms with Gasteiger partial charge >= 0.3 is 5.69 Å². The molecular formula is C35H38F2N8O3S. The number of hydrogen-bond donors (Lipinski definition) is 0. The maximum atomic E-state index is 14.9. The number of rotatable bonds is 11. The van der Waals surface area contributed by atoms with Crippen LogP contribution in [0.15, 0.2) is 90.5 Å². The topological polar surface area (TPSA) is 95.5 Å². The molecule has 14 heteroatoms. The van der Waals surface area contributed by atoms with Crippen LogP contribution in [-0.4, -0.2) is 67.5 Å². The van der Waals surface area contributed by atoms with Crippen molar-refractivity contribution in [2.24, 2.45) is 0 Å². The number of nitrogens with zero attached hydrogens (tertiary/aromatic N) is 8. The van der Waals surface area contributed by atoms with Crippen LogP contribution in [-0.2, 0) is 27.4 Å². The molecule has 49 heavy (non-hydrogen) atoms. The van der Waals surface area contributed by atoms with E-state index in [2.05, 4.69) is 61.4 Å². The molecule has 2 fully saturated rings. The fraction of sp³-hybridized carbons (Fsp3) is 0.371. The van der Waals surface area contributed by atoms with Crippen LogP contribution in [0.1, 0.15) is 37.4 Å². The van der Waals surface area contributed by atoms with E-state index < -0.39 is 22.9 Å². The molecule has 5 aromatic rings. The summed E-state index contributed by atoms with van der Waals surface area (Å²) in [5, 5.41) is 8.44. The maximum absolute atomic E-state index is 14.9. The second-order valence-electron chi connectivity index (χ2n) is 12.4. The molecule has 3 unspecified atom stereocenters. The Bertz CT molecular complexity index is 1910. The summed E-state index contributed by atoms with van der Waals surface area (Å²) in [6.07, 6.45) is 5.36.